The average molecular weight is 412 g/mol. The molecule has 28 heavy (non-hydrogen) atoms. The van der Waals surface area contributed by atoms with Crippen LogP contribution in [-0.4, -0.2) is 37.7 Å². The molecule has 0 atom stereocenters. The molecule has 6 nitrogen and oxygen atoms in total. The summed E-state index contributed by atoms with van der Waals surface area (Å²) < 4.78 is 43.8. The van der Waals surface area contributed by atoms with Gasteiger partial charge in [0, 0.05) is 20.2 Å². The summed E-state index contributed by atoms with van der Waals surface area (Å²) in [6, 6.07) is 4.34. The molecule has 0 saturated carbocycles. The van der Waals surface area contributed by atoms with Crippen LogP contribution in [0.1, 0.15) is 12.0 Å². The third kappa shape index (κ3) is 5.02. The number of aryl methyl sites for hydroxylation is 1. The van der Waals surface area contributed by atoms with Crippen molar-refractivity contribution in [1.29, 1.82) is 0 Å². The van der Waals surface area contributed by atoms with E-state index < -0.39 is 14.7 Å². The van der Waals surface area contributed by atoms with Gasteiger partial charge in [-0.3, -0.25) is 0 Å². The molecule has 1 aromatic heterocycles. The average Bonchev–Trinajstić information content (AvgIpc) is 2.97. The molecule has 3 rings (SSSR count). The zero-order valence-electron chi connectivity index (χ0n) is 16.5. The highest BCUT2D eigenvalue weighted by Crippen LogP contribution is 2.41. The molecule has 0 radical (unpaired) electrons. The van der Waals surface area contributed by atoms with E-state index in [1.807, 2.05) is 0 Å². The van der Waals surface area contributed by atoms with Crippen molar-refractivity contribution in [2.75, 3.05) is 18.9 Å². The Bertz CT molecular complexity index is 821. The number of nitrogens with zero attached hydrogens (tertiary/aromatic N) is 2. The minimum atomic E-state index is -2.94. The number of hydrogen-bond donors (Lipinski definition) is 1. The van der Waals surface area contributed by atoms with E-state index in [1.165, 1.54) is 6.20 Å². The Labute approximate surface area is 164 Å². The van der Waals surface area contributed by atoms with Crippen molar-refractivity contribution in [3.63, 3.8) is 0 Å². The van der Waals surface area contributed by atoms with E-state index in [0.29, 0.717) is 35.9 Å². The van der Waals surface area contributed by atoms with Crippen LogP contribution in [0.5, 0.6) is 11.5 Å². The number of aromatic nitrogens is 2. The second-order valence-corrected chi connectivity index (χ2v) is 13.7. The highest BCUT2D eigenvalue weighted by Gasteiger charge is 2.23. The van der Waals surface area contributed by atoms with Crippen LogP contribution in [-0.2, 0) is 17.9 Å². The normalized spacial score (nSPS) is 14.1. The topological polar surface area (TPSA) is 71.5 Å². The Balaban J connectivity index is 1.90. The van der Waals surface area contributed by atoms with Crippen molar-refractivity contribution in [2.45, 2.75) is 51.9 Å². The molecule has 0 spiro atoms. The Morgan fingerprint density at radius 3 is 2.82 bits per heavy atom. The monoisotopic (exact) mass is 411 g/mol. The molecule has 0 aliphatic carbocycles. The zero-order valence-corrected chi connectivity index (χ0v) is 17.5. The van der Waals surface area contributed by atoms with Crippen LogP contribution in [0, 0.1) is 0 Å². The Kier molecular flexibility index (Phi) is 6.24. The van der Waals surface area contributed by atoms with Gasteiger partial charge in [-0.25, -0.2) is 4.68 Å². The van der Waals surface area contributed by atoms with Crippen LogP contribution in [0.2, 0.25) is 25.7 Å². The number of halogens is 2. The smallest absolute Gasteiger partial charge is 0.387 e. The number of ether oxygens (including phenoxy) is 3. The van der Waals surface area contributed by atoms with Gasteiger partial charge in [0.15, 0.2) is 0 Å². The number of benzene rings is 1. The van der Waals surface area contributed by atoms with E-state index in [-0.39, 0.29) is 12.5 Å². The molecule has 0 fully saturated rings. The zero-order chi connectivity index (χ0) is 20.3. The molecule has 0 unspecified atom stereocenters. The third-order valence-electron chi connectivity index (χ3n) is 4.56. The van der Waals surface area contributed by atoms with Crippen molar-refractivity contribution in [2.24, 2.45) is 0 Å². The van der Waals surface area contributed by atoms with Gasteiger partial charge in [-0.05, 0) is 36.6 Å². The molecular formula is C19H27F2N3O3Si. The van der Waals surface area contributed by atoms with E-state index in [1.54, 1.807) is 16.8 Å². The van der Waals surface area contributed by atoms with E-state index in [4.69, 9.17) is 19.9 Å². The first-order valence-electron chi connectivity index (χ1n) is 9.38. The van der Waals surface area contributed by atoms with Gasteiger partial charge < -0.3 is 19.9 Å². The molecule has 0 saturated heterocycles. The van der Waals surface area contributed by atoms with Crippen LogP contribution in [0.3, 0.4) is 0 Å². The predicted octanol–water partition coefficient (Wildman–Crippen LogP) is 4.37. The molecule has 1 aliphatic heterocycles. The second-order valence-electron chi connectivity index (χ2n) is 8.08. The molecule has 9 heteroatoms. The first-order chi connectivity index (χ1) is 13.2. The molecule has 1 aromatic carbocycles. The summed E-state index contributed by atoms with van der Waals surface area (Å²) in [5, 5.41) is 4.25. The van der Waals surface area contributed by atoms with Gasteiger partial charge in [-0.1, -0.05) is 19.6 Å². The molecule has 2 heterocycles. The predicted molar refractivity (Wildman–Crippen MR) is 107 cm³/mol. The van der Waals surface area contributed by atoms with E-state index in [2.05, 4.69) is 24.7 Å². The lowest BCUT2D eigenvalue weighted by molar-refractivity contribution is -0.0495. The summed E-state index contributed by atoms with van der Waals surface area (Å²) >= 11 is 0. The van der Waals surface area contributed by atoms with Gasteiger partial charge in [0.1, 0.15) is 18.2 Å². The summed E-state index contributed by atoms with van der Waals surface area (Å²) in [5.41, 5.74) is 8.23. The molecule has 2 aromatic rings. The fourth-order valence-corrected chi connectivity index (χ4v) is 3.83. The minimum absolute atomic E-state index is 0.0646. The second kappa shape index (κ2) is 8.48. The van der Waals surface area contributed by atoms with E-state index in [9.17, 15) is 8.78 Å². The molecule has 154 valence electrons. The summed E-state index contributed by atoms with van der Waals surface area (Å²) in [5.74, 6) is 0.726. The first kappa shape index (κ1) is 20.6. The van der Waals surface area contributed by atoms with Gasteiger partial charge in [0.25, 0.3) is 0 Å². The van der Waals surface area contributed by atoms with Crippen molar-refractivity contribution in [1.82, 2.24) is 9.78 Å². The fraction of sp³-hybridized carbons (Fsp3) is 0.526. The standard InChI is InChI=1S/C19H27F2N3O3Si/c1-28(2,3)8-7-25-12-24-18(15(22)11-23-24)14-10-16-13(5-4-6-26-16)9-17(14)27-19(20)21/h9-11,19H,4-8,12,22H2,1-3H3. The summed E-state index contributed by atoms with van der Waals surface area (Å²) in [6.45, 7) is 5.27. The Morgan fingerprint density at radius 1 is 1.32 bits per heavy atom. The maximum atomic E-state index is 13.0. The van der Waals surface area contributed by atoms with Crippen LogP contribution in [0.4, 0.5) is 14.5 Å². The third-order valence-corrected chi connectivity index (χ3v) is 6.26. The van der Waals surface area contributed by atoms with Crippen molar-refractivity contribution in [3.8, 4) is 22.8 Å². The molecule has 0 bridgehead atoms. The number of rotatable bonds is 8. The molecule has 2 N–H and O–H groups in total. The van der Waals surface area contributed by atoms with Gasteiger partial charge >= 0.3 is 6.61 Å². The first-order valence-corrected chi connectivity index (χ1v) is 13.1. The maximum Gasteiger partial charge on any atom is 0.387 e. The van der Waals surface area contributed by atoms with Gasteiger partial charge in [0.05, 0.1) is 24.2 Å². The number of alkyl halides is 2. The lowest BCUT2D eigenvalue weighted by Crippen LogP contribution is -2.22. The number of hydrogen-bond acceptors (Lipinski definition) is 5. The molecular weight excluding hydrogens is 384 g/mol. The highest BCUT2D eigenvalue weighted by molar-refractivity contribution is 6.76. The highest BCUT2D eigenvalue weighted by atomic mass is 28.3. The Hall–Kier alpha value is -2.13. The SMILES string of the molecule is C[Si](C)(C)CCOCn1ncc(N)c1-c1cc2c(cc1OC(F)F)CCCO2. The largest absolute Gasteiger partial charge is 0.493 e. The summed E-state index contributed by atoms with van der Waals surface area (Å²) in [4.78, 5) is 0. The van der Waals surface area contributed by atoms with Crippen LogP contribution in [0.25, 0.3) is 11.3 Å². The lowest BCUT2D eigenvalue weighted by Gasteiger charge is -2.21. The number of fused-ring (bicyclic) bond motifs is 1. The van der Waals surface area contributed by atoms with Crippen molar-refractivity contribution < 1.29 is 23.0 Å². The van der Waals surface area contributed by atoms with Crippen molar-refractivity contribution >= 4 is 13.8 Å². The van der Waals surface area contributed by atoms with Crippen LogP contribution >= 0.6 is 0 Å². The van der Waals surface area contributed by atoms with Crippen LogP contribution in [0.15, 0.2) is 18.3 Å². The van der Waals surface area contributed by atoms with Gasteiger partial charge in [0.2, 0.25) is 0 Å². The van der Waals surface area contributed by atoms with E-state index in [0.717, 1.165) is 24.4 Å². The van der Waals surface area contributed by atoms with Crippen molar-refractivity contribution in [3.05, 3.63) is 23.9 Å². The van der Waals surface area contributed by atoms with Crippen LogP contribution < -0.4 is 15.2 Å². The summed E-state index contributed by atoms with van der Waals surface area (Å²) in [7, 11) is -1.21. The molecule has 0 amide bonds. The minimum Gasteiger partial charge on any atom is -0.493 e. The number of nitrogen functional groups attached to an aromatic ring is 1. The quantitative estimate of drug-likeness (QED) is 0.516. The fourth-order valence-electron chi connectivity index (χ4n) is 3.08. The molecule has 1 aliphatic rings. The van der Waals surface area contributed by atoms with Gasteiger partial charge in [-0.15, -0.1) is 0 Å². The lowest BCUT2D eigenvalue weighted by atomic mass is 10.0. The van der Waals surface area contributed by atoms with Gasteiger partial charge in [-0.2, -0.15) is 13.9 Å². The number of anilines is 1. The summed E-state index contributed by atoms with van der Waals surface area (Å²) in [6.07, 6.45) is 3.08. The Morgan fingerprint density at radius 2 is 2.11 bits per heavy atom. The maximum absolute atomic E-state index is 13.0. The number of nitrogens with two attached hydrogens (primary N) is 1. The van der Waals surface area contributed by atoms with E-state index >= 15 is 0 Å².